The first-order valence-electron chi connectivity index (χ1n) is 30.2. The van der Waals surface area contributed by atoms with Crippen molar-refractivity contribution in [2.24, 2.45) is 0 Å². The Morgan fingerprint density at radius 1 is 0.604 bits per heavy atom. The molecule has 6 amide bonds. The van der Waals surface area contributed by atoms with Crippen molar-refractivity contribution in [1.29, 1.82) is 0 Å². The summed E-state index contributed by atoms with van der Waals surface area (Å²) in [7, 11) is 0. The van der Waals surface area contributed by atoms with E-state index in [1.54, 1.807) is 12.4 Å². The smallest absolute Gasteiger partial charge is 1.00 e. The van der Waals surface area contributed by atoms with Crippen LogP contribution in [0.3, 0.4) is 0 Å². The van der Waals surface area contributed by atoms with Gasteiger partial charge in [-0.3, -0.25) is 4.57 Å². The van der Waals surface area contributed by atoms with Gasteiger partial charge in [-0.1, -0.05) is 121 Å². The summed E-state index contributed by atoms with van der Waals surface area (Å²) in [6, 6.07) is 42.9. The molecule has 2 saturated heterocycles. The van der Waals surface area contributed by atoms with Crippen LogP contribution in [0.4, 0.5) is 30.6 Å². The van der Waals surface area contributed by atoms with Gasteiger partial charge < -0.3 is 66.0 Å². The van der Waals surface area contributed by atoms with Crippen molar-refractivity contribution in [1.82, 2.24) is 29.2 Å². The van der Waals surface area contributed by atoms with Crippen LogP contribution in [0.5, 0.6) is 11.5 Å². The number of carboxylic acids is 2. The third-order valence-corrected chi connectivity index (χ3v) is 16.5. The van der Waals surface area contributed by atoms with Crippen LogP contribution in [0, 0.1) is 27.7 Å². The number of hydrogen-bond donors (Lipinski definition) is 4. The van der Waals surface area contributed by atoms with Crippen molar-refractivity contribution >= 4 is 47.5 Å². The van der Waals surface area contributed by atoms with Crippen molar-refractivity contribution in [2.75, 3.05) is 49.9 Å². The summed E-state index contributed by atoms with van der Waals surface area (Å²) in [5.41, 5.74) is 11.3. The van der Waals surface area contributed by atoms with E-state index in [0.29, 0.717) is 65.3 Å². The Morgan fingerprint density at radius 3 is 1.44 bits per heavy atom. The Morgan fingerprint density at radius 2 is 1.02 bits per heavy atom. The zero-order valence-electron chi connectivity index (χ0n) is 53.7. The zero-order chi connectivity index (χ0) is 63.0. The molecule has 4 aliphatic heterocycles. The zero-order valence-corrected chi connectivity index (χ0v) is 57.8. The second kappa shape index (κ2) is 34.6. The number of aromatic nitrogens is 2. The molecule has 6 aromatic carbocycles. The van der Waals surface area contributed by atoms with Gasteiger partial charge >= 0.3 is 111 Å². The number of nitrogens with zero attached hydrogens (tertiary/aromatic N) is 6. The van der Waals surface area contributed by atoms with Crippen molar-refractivity contribution in [3.8, 4) is 11.5 Å². The summed E-state index contributed by atoms with van der Waals surface area (Å²) in [6.45, 7) is 12.0. The molecule has 0 unspecified atom stereocenters. The number of fused-ring (bicyclic) bond motifs is 2. The van der Waals surface area contributed by atoms with Gasteiger partial charge in [0, 0.05) is 88.0 Å². The Balaban J connectivity index is 0.000000231. The van der Waals surface area contributed by atoms with Crippen LogP contribution in [0.25, 0.3) is 0 Å². The monoisotopic (exact) mass is 1270 g/mol. The van der Waals surface area contributed by atoms with E-state index in [2.05, 4.69) is 21.7 Å². The van der Waals surface area contributed by atoms with E-state index in [-0.39, 0.29) is 125 Å². The third-order valence-electron chi connectivity index (χ3n) is 16.5. The predicted molar refractivity (Wildman–Crippen MR) is 335 cm³/mol. The summed E-state index contributed by atoms with van der Waals surface area (Å²) in [5, 5.41) is 35.9. The van der Waals surface area contributed by atoms with Crippen LogP contribution in [-0.2, 0) is 53.2 Å². The molecule has 20 nitrogen and oxygen atoms in total. The normalized spacial score (nSPS) is 15.4. The van der Waals surface area contributed by atoms with Crippen LogP contribution < -0.4 is 106 Å². The second-order valence-corrected chi connectivity index (χ2v) is 22.9. The molecule has 0 radical (unpaired) electrons. The number of rotatable bonds is 15. The molecule has 468 valence electrons. The van der Waals surface area contributed by atoms with Gasteiger partial charge in [-0.25, -0.2) is 29.0 Å². The molecule has 22 heteroatoms. The maximum absolute atomic E-state index is 13.0. The number of carbonyl (C=O) groups excluding carboxylic acids is 5. The molecular weight excluding hydrogens is 1190 g/mol. The number of carboxylic acid groups (broad SMARTS) is 2. The molecule has 0 spiro atoms. The average molecular weight is 1270 g/mol. The predicted octanol–water partition coefficient (Wildman–Crippen LogP) is 3.63. The summed E-state index contributed by atoms with van der Waals surface area (Å²) in [4.78, 5) is 84.6. The van der Waals surface area contributed by atoms with E-state index in [1.165, 1.54) is 21.4 Å². The number of anilines is 2. The summed E-state index contributed by atoms with van der Waals surface area (Å²) in [5.74, 6) is -1.11. The molecule has 4 N–H and O–H groups in total. The molecule has 11 rings (SSSR count). The number of ether oxygens (including phenoxy) is 3. The molecule has 4 aliphatic rings. The number of hydrogen-bond acceptors (Lipinski definition) is 12. The van der Waals surface area contributed by atoms with Gasteiger partial charge in [-0.15, -0.1) is 0 Å². The number of imidazole rings is 1. The minimum atomic E-state index is -1.49. The SMILES string of the molecule is Cc1cc(C[C@@H](O)C(=O)[O-])cc(C)c1OCc1ccccc1.Cc1cc(C[C@@H](OC(=O)N2CCC(N3CCc4ccccc4NC3=O)CC2)C(=O)O)cc(C)c1OCc1ccccc1.O=C1Nc2ccccc2CCN1C1CCN(C(=O)n2ccnc2)CC1.[H-].[K+].[Na+]. The summed E-state index contributed by atoms with van der Waals surface area (Å²) < 4.78 is 18.9. The molecule has 91 heavy (non-hydrogen) atoms. The number of piperidine rings is 2. The van der Waals surface area contributed by atoms with Crippen molar-refractivity contribution in [3.05, 3.63) is 208 Å². The number of aliphatic hydroxyl groups excluding tert-OH is 1. The number of aliphatic hydroxyl groups is 1. The van der Waals surface area contributed by atoms with Crippen molar-refractivity contribution in [2.45, 2.75) is 117 Å². The van der Waals surface area contributed by atoms with E-state index < -0.39 is 30.2 Å². The molecule has 2 fully saturated rings. The first kappa shape index (κ1) is 71.4. The van der Waals surface area contributed by atoms with Crippen LogP contribution in [0.15, 0.2) is 152 Å². The first-order chi connectivity index (χ1) is 43.0. The van der Waals surface area contributed by atoms with E-state index in [0.717, 1.165) is 98.6 Å². The summed E-state index contributed by atoms with van der Waals surface area (Å²) >= 11 is 0. The van der Waals surface area contributed by atoms with Gasteiger partial charge in [0.2, 0.25) is 6.10 Å². The van der Waals surface area contributed by atoms with Crippen LogP contribution >= 0.6 is 0 Å². The fraction of sp³-hybridized carbons (Fsp3) is 0.348. The van der Waals surface area contributed by atoms with Crippen LogP contribution in [0.1, 0.15) is 82.7 Å². The fourth-order valence-electron chi connectivity index (χ4n) is 11.9. The number of para-hydroxylation sites is 2. The standard InChI is InChI=1S/C33H37N3O6.C18H21N5O2.C18H20O4.K.Na.H/c1-22-18-25(19-23(2)30(22)41-21-24-8-4-3-5-9-24)20-29(31(37)38)42-33(40)35-15-13-27(14-16-35)36-17-12-26-10-6-7-11-28(26)34-32(36)39;24-17-20-16-4-2-1-3-14(16)5-11-23(17)15-6-9-21(10-7-15)18(25)22-12-8-19-13-22;1-12-8-15(10-16(19)18(20)21)9-13(2)17(12)22-11-14-6-4-3-5-7-14;;;/h3-11,18-19,27,29H,12-17,20-21H2,1-2H3,(H,34,39)(H,37,38);1-4,8,12-13,15H,5-7,9-11H2,(H,20,24);3-9,16,19H,10-11H2,1-2H3,(H,20,21);;;/q;;;2*+1;-1/p-1/t29-;;16-;;;/m1.1.../s1. The average Bonchev–Trinajstić information content (AvgIpc) is 1.70. The minimum absolute atomic E-state index is 0. The van der Waals surface area contributed by atoms with Crippen molar-refractivity contribution in [3.63, 3.8) is 0 Å². The van der Waals surface area contributed by atoms with Crippen LogP contribution in [-0.4, -0.2) is 139 Å². The van der Waals surface area contributed by atoms with Gasteiger partial charge in [0.25, 0.3) is 0 Å². The summed E-state index contributed by atoms with van der Waals surface area (Å²) in [6.07, 6.45) is 5.80. The molecule has 0 saturated carbocycles. The second-order valence-electron chi connectivity index (χ2n) is 22.9. The number of urea groups is 2. The van der Waals surface area contributed by atoms with Gasteiger partial charge in [0.05, 0.1) is 12.1 Å². The van der Waals surface area contributed by atoms with Gasteiger partial charge in [0.1, 0.15) is 31.0 Å². The largest absolute Gasteiger partial charge is 1.00 e. The van der Waals surface area contributed by atoms with E-state index in [4.69, 9.17) is 14.2 Å². The first-order valence-corrected chi connectivity index (χ1v) is 30.2. The quantitative estimate of drug-likeness (QED) is 0.107. The Kier molecular flexibility index (Phi) is 27.1. The number of carbonyl (C=O) groups is 6. The number of aryl methyl sites for hydroxylation is 4. The number of aliphatic carboxylic acids is 2. The molecule has 0 bridgehead atoms. The molecule has 0 aliphatic carbocycles. The third kappa shape index (κ3) is 19.7. The maximum Gasteiger partial charge on any atom is 1.00 e. The van der Waals surface area contributed by atoms with Crippen LogP contribution in [0.2, 0.25) is 0 Å². The number of benzene rings is 6. The Bertz CT molecular complexity index is 3550. The Labute approximate surface area is 597 Å². The fourth-order valence-corrected chi connectivity index (χ4v) is 11.9. The molecule has 7 aromatic rings. The van der Waals surface area contributed by atoms with Gasteiger partial charge in [0.15, 0.2) is 0 Å². The van der Waals surface area contributed by atoms with E-state index in [9.17, 15) is 44.1 Å². The molecular formula is C69H78KN8NaO12. The topological polar surface area (TPSA) is 248 Å². The van der Waals surface area contributed by atoms with E-state index in [1.807, 2.05) is 170 Å². The van der Waals surface area contributed by atoms with Crippen molar-refractivity contribution < 1.29 is 141 Å². The molecule has 5 heterocycles. The Hall–Kier alpha value is -7.05. The maximum atomic E-state index is 13.0. The molecule has 1 aromatic heterocycles. The molecule has 2 atom stereocenters. The number of likely N-dealkylation sites (tertiary alicyclic amines) is 2. The van der Waals surface area contributed by atoms with Gasteiger partial charge in [-0.05, 0) is 134 Å². The van der Waals surface area contributed by atoms with Gasteiger partial charge in [-0.2, -0.15) is 0 Å². The minimum Gasteiger partial charge on any atom is -1.00 e. The van der Waals surface area contributed by atoms with E-state index >= 15 is 0 Å². The number of amides is 6. The number of nitrogens with one attached hydrogen (secondary N) is 2.